The van der Waals surface area contributed by atoms with Gasteiger partial charge >= 0.3 is 0 Å². The molecule has 4 nitrogen and oxygen atoms in total. The summed E-state index contributed by atoms with van der Waals surface area (Å²) >= 11 is 16.5. The molecule has 1 amide bonds. The number of likely N-dealkylation sites (N-methyl/N-ethyl adjacent to an activating group) is 1. The van der Waals surface area contributed by atoms with Crippen molar-refractivity contribution in [2.75, 3.05) is 13.2 Å². The van der Waals surface area contributed by atoms with Crippen LogP contribution >= 0.6 is 51.5 Å². The molecule has 8 heteroatoms. The number of carbonyl (C=O) groups excluding carboxylic acids is 1. The van der Waals surface area contributed by atoms with Crippen molar-refractivity contribution >= 4 is 67.8 Å². The molecule has 0 N–H and O–H groups in total. The lowest BCUT2D eigenvalue weighted by Crippen LogP contribution is -2.27. The zero-order valence-electron chi connectivity index (χ0n) is 15.9. The Bertz CT molecular complexity index is 963. The van der Waals surface area contributed by atoms with E-state index in [2.05, 4.69) is 15.9 Å². The van der Waals surface area contributed by atoms with E-state index in [0.717, 1.165) is 15.6 Å². The van der Waals surface area contributed by atoms with Gasteiger partial charge in [-0.05, 0) is 55.3 Å². The molecule has 1 fully saturated rings. The van der Waals surface area contributed by atoms with Crippen molar-refractivity contribution in [3.8, 4) is 11.5 Å². The minimum absolute atomic E-state index is 0.0906. The van der Waals surface area contributed by atoms with E-state index in [0.29, 0.717) is 45.5 Å². The molecule has 0 radical (unpaired) electrons. The lowest BCUT2D eigenvalue weighted by atomic mass is 10.1. The fraction of sp³-hybridized carbons (Fsp3) is 0.238. The summed E-state index contributed by atoms with van der Waals surface area (Å²) in [6.45, 7) is 5.17. The Morgan fingerprint density at radius 2 is 1.93 bits per heavy atom. The molecule has 2 aromatic carbocycles. The summed E-state index contributed by atoms with van der Waals surface area (Å²) < 4.78 is 13.3. The van der Waals surface area contributed by atoms with Gasteiger partial charge < -0.3 is 9.47 Å². The first kappa shape index (κ1) is 22.2. The number of nitrogens with zero attached hydrogens (tertiary/aromatic N) is 1. The van der Waals surface area contributed by atoms with Crippen molar-refractivity contribution in [3.05, 3.63) is 61.9 Å². The summed E-state index contributed by atoms with van der Waals surface area (Å²) in [6, 6.07) is 11.5. The molecule has 3 rings (SSSR count). The standard InChI is InChI=1S/C21H19BrClNO3S2/c1-3-24-20(25)18(29-21(24)28)11-14-9-16(23)19(17(10-14)26-4-2)27-12-13-5-7-15(22)8-6-13/h5-11H,3-4,12H2,1-2H3/b18-11-. The van der Waals surface area contributed by atoms with Crippen LogP contribution in [-0.2, 0) is 11.4 Å². The first-order chi connectivity index (χ1) is 13.9. The molecule has 0 unspecified atom stereocenters. The maximum Gasteiger partial charge on any atom is 0.266 e. The minimum Gasteiger partial charge on any atom is -0.490 e. The van der Waals surface area contributed by atoms with Gasteiger partial charge in [0.15, 0.2) is 11.5 Å². The van der Waals surface area contributed by atoms with Gasteiger partial charge in [-0.3, -0.25) is 9.69 Å². The van der Waals surface area contributed by atoms with Crippen molar-refractivity contribution < 1.29 is 14.3 Å². The van der Waals surface area contributed by atoms with Crippen LogP contribution in [0.15, 0.2) is 45.8 Å². The predicted octanol–water partition coefficient (Wildman–Crippen LogP) is 6.30. The zero-order valence-corrected chi connectivity index (χ0v) is 19.9. The number of rotatable bonds is 7. The number of thioether (sulfide) groups is 1. The number of amides is 1. The first-order valence-corrected chi connectivity index (χ1v) is 11.4. The highest BCUT2D eigenvalue weighted by Gasteiger charge is 2.30. The van der Waals surface area contributed by atoms with E-state index in [1.54, 1.807) is 17.0 Å². The van der Waals surface area contributed by atoms with Crippen LogP contribution < -0.4 is 9.47 Å². The number of thiocarbonyl (C=S) groups is 1. The van der Waals surface area contributed by atoms with Gasteiger partial charge in [-0.1, -0.05) is 63.6 Å². The van der Waals surface area contributed by atoms with Crippen LogP contribution in [0.4, 0.5) is 0 Å². The zero-order chi connectivity index (χ0) is 21.0. The second-order valence-corrected chi connectivity index (χ2v) is 9.10. The number of hydrogen-bond donors (Lipinski definition) is 0. The Hall–Kier alpha value is -1.54. The van der Waals surface area contributed by atoms with Gasteiger partial charge in [0.05, 0.1) is 16.5 Å². The Morgan fingerprint density at radius 1 is 1.21 bits per heavy atom. The van der Waals surface area contributed by atoms with E-state index in [1.165, 1.54) is 11.8 Å². The largest absolute Gasteiger partial charge is 0.490 e. The Kier molecular flexibility index (Phi) is 7.62. The SMILES string of the molecule is CCOc1cc(/C=C2\SC(=S)N(CC)C2=O)cc(Cl)c1OCc1ccc(Br)cc1. The molecule has 0 aliphatic carbocycles. The molecule has 152 valence electrons. The quantitative estimate of drug-likeness (QED) is 0.321. The third-order valence-electron chi connectivity index (χ3n) is 4.12. The molecule has 0 spiro atoms. The van der Waals surface area contributed by atoms with Gasteiger partial charge in [-0.2, -0.15) is 0 Å². The topological polar surface area (TPSA) is 38.8 Å². The molecule has 1 aliphatic rings. The highest BCUT2D eigenvalue weighted by molar-refractivity contribution is 9.10. The van der Waals surface area contributed by atoms with E-state index >= 15 is 0 Å². The summed E-state index contributed by atoms with van der Waals surface area (Å²) in [5.41, 5.74) is 1.77. The fourth-order valence-electron chi connectivity index (χ4n) is 2.73. The molecule has 0 aromatic heterocycles. The van der Waals surface area contributed by atoms with E-state index in [1.807, 2.05) is 44.2 Å². The van der Waals surface area contributed by atoms with Crippen molar-refractivity contribution in [1.29, 1.82) is 0 Å². The molecule has 0 saturated carbocycles. The average Bonchev–Trinajstić information content (AvgIpc) is 2.95. The van der Waals surface area contributed by atoms with Crippen LogP contribution in [0.1, 0.15) is 25.0 Å². The summed E-state index contributed by atoms with van der Waals surface area (Å²) in [4.78, 5) is 14.6. The summed E-state index contributed by atoms with van der Waals surface area (Å²) in [7, 11) is 0. The second kappa shape index (κ2) is 9.98. The molecule has 1 heterocycles. The van der Waals surface area contributed by atoms with Gasteiger partial charge in [0.25, 0.3) is 5.91 Å². The van der Waals surface area contributed by atoms with E-state index in [-0.39, 0.29) is 5.91 Å². The van der Waals surface area contributed by atoms with Crippen molar-refractivity contribution in [2.24, 2.45) is 0 Å². The minimum atomic E-state index is -0.0906. The summed E-state index contributed by atoms with van der Waals surface area (Å²) in [5, 5.41) is 0.422. The van der Waals surface area contributed by atoms with E-state index in [9.17, 15) is 4.79 Å². The van der Waals surface area contributed by atoms with Crippen LogP contribution in [-0.4, -0.2) is 28.3 Å². The Labute approximate surface area is 193 Å². The maximum atomic E-state index is 12.5. The van der Waals surface area contributed by atoms with Crippen LogP contribution in [0.25, 0.3) is 6.08 Å². The average molecular weight is 513 g/mol. The summed E-state index contributed by atoms with van der Waals surface area (Å²) in [5.74, 6) is 0.927. The predicted molar refractivity (Wildman–Crippen MR) is 127 cm³/mol. The third kappa shape index (κ3) is 5.34. The lowest BCUT2D eigenvalue weighted by Gasteiger charge is -2.15. The van der Waals surface area contributed by atoms with Crippen molar-refractivity contribution in [3.63, 3.8) is 0 Å². The first-order valence-electron chi connectivity index (χ1n) is 9.01. The lowest BCUT2D eigenvalue weighted by molar-refractivity contribution is -0.121. The van der Waals surface area contributed by atoms with Gasteiger partial charge in [0, 0.05) is 11.0 Å². The number of carbonyl (C=O) groups is 1. The van der Waals surface area contributed by atoms with Crippen LogP contribution in [0, 0.1) is 0 Å². The van der Waals surface area contributed by atoms with Gasteiger partial charge in [-0.15, -0.1) is 0 Å². The van der Waals surface area contributed by atoms with E-state index < -0.39 is 0 Å². The van der Waals surface area contributed by atoms with E-state index in [4.69, 9.17) is 33.3 Å². The number of ether oxygens (including phenoxy) is 2. The monoisotopic (exact) mass is 511 g/mol. The molecule has 2 aromatic rings. The Morgan fingerprint density at radius 3 is 2.55 bits per heavy atom. The number of benzene rings is 2. The smallest absolute Gasteiger partial charge is 0.266 e. The van der Waals surface area contributed by atoms with Gasteiger partial charge in [0.1, 0.15) is 10.9 Å². The molecular formula is C21H19BrClNO3S2. The maximum absolute atomic E-state index is 12.5. The fourth-order valence-corrected chi connectivity index (χ4v) is 4.66. The van der Waals surface area contributed by atoms with Crippen LogP contribution in [0.2, 0.25) is 5.02 Å². The molecular weight excluding hydrogens is 494 g/mol. The molecule has 1 aliphatic heterocycles. The highest BCUT2D eigenvalue weighted by atomic mass is 79.9. The second-order valence-electron chi connectivity index (χ2n) is 6.10. The van der Waals surface area contributed by atoms with Gasteiger partial charge in [-0.25, -0.2) is 0 Å². The normalized spacial score (nSPS) is 15.3. The Balaban J connectivity index is 1.86. The number of halogens is 2. The van der Waals surface area contributed by atoms with Crippen LogP contribution in [0.5, 0.6) is 11.5 Å². The number of hydrogen-bond acceptors (Lipinski definition) is 5. The highest BCUT2D eigenvalue weighted by Crippen LogP contribution is 2.39. The molecule has 1 saturated heterocycles. The van der Waals surface area contributed by atoms with Crippen molar-refractivity contribution in [1.82, 2.24) is 4.90 Å². The molecule has 29 heavy (non-hydrogen) atoms. The summed E-state index contributed by atoms with van der Waals surface area (Å²) in [6.07, 6.45) is 1.78. The molecule has 0 bridgehead atoms. The molecule has 0 atom stereocenters. The van der Waals surface area contributed by atoms with Gasteiger partial charge in [0.2, 0.25) is 0 Å². The third-order valence-corrected chi connectivity index (χ3v) is 6.30. The van der Waals surface area contributed by atoms with Crippen LogP contribution in [0.3, 0.4) is 0 Å². The van der Waals surface area contributed by atoms with Crippen molar-refractivity contribution in [2.45, 2.75) is 20.5 Å².